The van der Waals surface area contributed by atoms with Crippen molar-refractivity contribution in [3.8, 4) is 0 Å². The van der Waals surface area contributed by atoms with Gasteiger partial charge in [-0.1, -0.05) is 12.1 Å². The van der Waals surface area contributed by atoms with Crippen LogP contribution in [-0.4, -0.2) is 57.8 Å². The lowest BCUT2D eigenvalue weighted by atomic mass is 10.1. The van der Waals surface area contributed by atoms with Crippen LogP contribution in [0.15, 0.2) is 11.2 Å². The maximum atomic E-state index is 12.6. The van der Waals surface area contributed by atoms with E-state index in [1.165, 1.54) is 0 Å². The first-order chi connectivity index (χ1) is 10.1. The van der Waals surface area contributed by atoms with Gasteiger partial charge in [0.25, 0.3) is 5.91 Å². The van der Waals surface area contributed by atoms with Crippen LogP contribution in [0, 0.1) is 6.92 Å². The van der Waals surface area contributed by atoms with Crippen molar-refractivity contribution in [3.05, 3.63) is 23.0 Å². The molecule has 0 saturated carbocycles. The van der Waals surface area contributed by atoms with Crippen LogP contribution in [0.2, 0.25) is 0 Å². The number of morpholine rings is 1. The quantitative estimate of drug-likeness (QED) is 0.349. The lowest BCUT2D eigenvalue weighted by molar-refractivity contribution is 0.00666. The average molecular weight is 293 g/mol. The van der Waals surface area contributed by atoms with Gasteiger partial charge in [-0.05, 0) is 19.4 Å². The topological polar surface area (TPSA) is 114 Å². The molecule has 1 unspecified atom stereocenters. The number of oxime groups is 1. The highest BCUT2D eigenvalue weighted by molar-refractivity contribution is 5.96. The van der Waals surface area contributed by atoms with Gasteiger partial charge in [-0.25, -0.2) is 0 Å². The third-order valence-electron chi connectivity index (χ3n) is 3.36. The van der Waals surface area contributed by atoms with Gasteiger partial charge >= 0.3 is 0 Å². The van der Waals surface area contributed by atoms with Gasteiger partial charge in [-0.15, -0.1) is 0 Å². The predicted octanol–water partition coefficient (Wildman–Crippen LogP) is -0.0652. The lowest BCUT2D eigenvalue weighted by Gasteiger charge is -2.32. The Morgan fingerprint density at radius 2 is 2.38 bits per heavy atom. The monoisotopic (exact) mass is 293 g/mol. The van der Waals surface area contributed by atoms with Crippen LogP contribution < -0.4 is 5.73 Å². The second kappa shape index (κ2) is 6.49. The number of amidine groups is 1. The van der Waals surface area contributed by atoms with Crippen molar-refractivity contribution in [2.45, 2.75) is 26.4 Å². The summed E-state index contributed by atoms with van der Waals surface area (Å²) in [7, 11) is 0. The van der Waals surface area contributed by atoms with E-state index in [9.17, 15) is 4.79 Å². The number of carbonyl (C=O) groups excluding carboxylic acids is 1. The first-order valence-corrected chi connectivity index (χ1v) is 6.78. The van der Waals surface area contributed by atoms with E-state index in [-0.39, 0.29) is 18.3 Å². The molecule has 1 amide bonds. The minimum atomic E-state index is -0.589. The van der Waals surface area contributed by atoms with Crippen molar-refractivity contribution >= 4 is 11.7 Å². The van der Waals surface area contributed by atoms with Gasteiger partial charge in [0.2, 0.25) is 0 Å². The molecule has 8 heteroatoms. The summed E-state index contributed by atoms with van der Waals surface area (Å²) in [6.45, 7) is 4.76. The summed E-state index contributed by atoms with van der Waals surface area (Å²) >= 11 is 0. The molecule has 1 fully saturated rings. The van der Waals surface area contributed by atoms with Gasteiger partial charge in [-0.3, -0.25) is 4.79 Å². The number of carbonyl (C=O) groups is 1. The van der Waals surface area contributed by atoms with Gasteiger partial charge in [0.15, 0.2) is 5.84 Å². The molecular weight excluding hydrogens is 274 g/mol. The number of ether oxygens (including phenoxy) is 1. The maximum absolute atomic E-state index is 12.6. The molecule has 21 heavy (non-hydrogen) atoms. The smallest absolute Gasteiger partial charge is 0.256 e. The Labute approximate surface area is 122 Å². The Morgan fingerprint density at radius 3 is 3.05 bits per heavy atom. The molecule has 1 atom stereocenters. The van der Waals surface area contributed by atoms with Crippen LogP contribution in [-0.2, 0) is 11.2 Å². The van der Waals surface area contributed by atoms with E-state index in [0.29, 0.717) is 36.5 Å². The number of nitrogens with two attached hydrogens (primary N) is 1. The molecule has 0 aromatic carbocycles. The number of amides is 1. The van der Waals surface area contributed by atoms with Crippen molar-refractivity contribution in [1.29, 1.82) is 0 Å². The highest BCUT2D eigenvalue weighted by atomic mass is 16.5. The molecule has 8 nitrogen and oxygen atoms in total. The molecule has 114 valence electrons. The highest BCUT2D eigenvalue weighted by Crippen LogP contribution is 2.14. The van der Waals surface area contributed by atoms with Crippen molar-refractivity contribution in [1.82, 2.24) is 15.1 Å². The SMILES string of the molecule is CCc1nnc(C)cc1C(=O)N1CCOC(C(N)=NO)C1. The largest absolute Gasteiger partial charge is 0.409 e. The van der Waals surface area contributed by atoms with Gasteiger partial charge in [-0.2, -0.15) is 10.2 Å². The molecule has 1 aromatic rings. The molecule has 1 aliphatic rings. The summed E-state index contributed by atoms with van der Waals surface area (Å²) in [5.41, 5.74) is 7.45. The lowest BCUT2D eigenvalue weighted by Crippen LogP contribution is -2.50. The number of hydrogen-bond acceptors (Lipinski definition) is 6. The van der Waals surface area contributed by atoms with E-state index in [1.54, 1.807) is 17.9 Å². The van der Waals surface area contributed by atoms with E-state index in [2.05, 4.69) is 15.4 Å². The first-order valence-electron chi connectivity index (χ1n) is 6.78. The Bertz CT molecular complexity index is 561. The number of nitrogens with zero attached hydrogens (tertiary/aromatic N) is 4. The zero-order valence-electron chi connectivity index (χ0n) is 12.1. The number of aromatic nitrogens is 2. The molecule has 0 aliphatic carbocycles. The number of rotatable bonds is 3. The number of aryl methyl sites for hydroxylation is 2. The van der Waals surface area contributed by atoms with Crippen molar-refractivity contribution in [2.75, 3.05) is 19.7 Å². The molecular formula is C13H19N5O3. The fourth-order valence-corrected chi connectivity index (χ4v) is 2.21. The second-order valence-electron chi connectivity index (χ2n) is 4.84. The predicted molar refractivity (Wildman–Crippen MR) is 75.2 cm³/mol. The molecule has 0 bridgehead atoms. The molecule has 2 rings (SSSR count). The third-order valence-corrected chi connectivity index (χ3v) is 3.36. The second-order valence-corrected chi connectivity index (χ2v) is 4.84. The van der Waals surface area contributed by atoms with Crippen molar-refractivity contribution in [2.24, 2.45) is 10.9 Å². The highest BCUT2D eigenvalue weighted by Gasteiger charge is 2.29. The van der Waals surface area contributed by atoms with Crippen LogP contribution >= 0.6 is 0 Å². The first kappa shape index (κ1) is 15.2. The van der Waals surface area contributed by atoms with Crippen molar-refractivity contribution < 1.29 is 14.7 Å². The molecule has 1 aromatic heterocycles. The standard InChI is InChI=1S/C13H19N5O3/c1-3-10-9(6-8(2)15-16-10)13(19)18-4-5-21-11(7-18)12(14)17-20/h6,11,20H,3-5,7H2,1-2H3,(H2,14,17). The van der Waals surface area contributed by atoms with E-state index in [0.717, 1.165) is 0 Å². The minimum absolute atomic E-state index is 0.0350. The van der Waals surface area contributed by atoms with E-state index in [1.807, 2.05) is 6.92 Å². The van der Waals surface area contributed by atoms with E-state index in [4.69, 9.17) is 15.7 Å². The Kier molecular flexibility index (Phi) is 4.69. The van der Waals surface area contributed by atoms with Gasteiger partial charge < -0.3 is 20.6 Å². The number of hydrogen-bond donors (Lipinski definition) is 2. The van der Waals surface area contributed by atoms with Crippen molar-refractivity contribution in [3.63, 3.8) is 0 Å². The van der Waals surface area contributed by atoms with Gasteiger partial charge in [0.05, 0.1) is 30.1 Å². The zero-order chi connectivity index (χ0) is 15.4. The Hall–Kier alpha value is -2.22. The Morgan fingerprint density at radius 1 is 1.62 bits per heavy atom. The van der Waals surface area contributed by atoms with E-state index >= 15 is 0 Å². The summed E-state index contributed by atoms with van der Waals surface area (Å²) in [6.07, 6.45) is 0.0381. The molecule has 0 spiro atoms. The summed E-state index contributed by atoms with van der Waals surface area (Å²) in [5, 5.41) is 19.7. The summed E-state index contributed by atoms with van der Waals surface area (Å²) in [6, 6.07) is 1.74. The normalized spacial score (nSPS) is 19.6. The van der Waals surface area contributed by atoms with Crippen LogP contribution in [0.1, 0.15) is 28.7 Å². The van der Waals surface area contributed by atoms with Crippen LogP contribution in [0.3, 0.4) is 0 Å². The summed E-state index contributed by atoms with van der Waals surface area (Å²) < 4.78 is 5.39. The molecule has 0 radical (unpaired) electrons. The maximum Gasteiger partial charge on any atom is 0.256 e. The van der Waals surface area contributed by atoms with E-state index < -0.39 is 6.10 Å². The van der Waals surface area contributed by atoms with Gasteiger partial charge in [0.1, 0.15) is 6.10 Å². The van der Waals surface area contributed by atoms with Crippen LogP contribution in [0.25, 0.3) is 0 Å². The fraction of sp³-hybridized carbons (Fsp3) is 0.538. The van der Waals surface area contributed by atoms with Crippen LogP contribution in [0.4, 0.5) is 0 Å². The minimum Gasteiger partial charge on any atom is -0.409 e. The fourth-order valence-electron chi connectivity index (χ4n) is 2.21. The average Bonchev–Trinajstić information content (AvgIpc) is 2.53. The molecule has 2 heterocycles. The third kappa shape index (κ3) is 3.27. The molecule has 3 N–H and O–H groups in total. The van der Waals surface area contributed by atoms with Gasteiger partial charge in [0, 0.05) is 6.54 Å². The zero-order valence-corrected chi connectivity index (χ0v) is 12.1. The van der Waals surface area contributed by atoms with Crippen LogP contribution in [0.5, 0.6) is 0 Å². The Balaban J connectivity index is 2.21. The summed E-state index contributed by atoms with van der Waals surface area (Å²) in [5.74, 6) is -0.170. The molecule has 1 aliphatic heterocycles. The summed E-state index contributed by atoms with van der Waals surface area (Å²) in [4.78, 5) is 14.3. The molecule has 1 saturated heterocycles.